The molecule has 13 heavy (non-hydrogen) atoms. The van der Waals surface area contributed by atoms with Crippen LogP contribution in [0.15, 0.2) is 0 Å². The molecule has 0 aromatic carbocycles. The van der Waals surface area contributed by atoms with Crippen molar-refractivity contribution < 1.29 is 14.6 Å². The summed E-state index contributed by atoms with van der Waals surface area (Å²) in [4.78, 5) is 11.5. The summed E-state index contributed by atoms with van der Waals surface area (Å²) in [6.45, 7) is 3.98. The highest BCUT2D eigenvalue weighted by atomic mass is 16.5. The van der Waals surface area contributed by atoms with Crippen LogP contribution >= 0.6 is 0 Å². The third kappa shape index (κ3) is 2.02. The molecule has 1 saturated carbocycles. The maximum absolute atomic E-state index is 11.5. The number of rotatable bonds is 2. The lowest BCUT2D eigenvalue weighted by atomic mass is 9.73. The molecular formula is C10H18O3. The van der Waals surface area contributed by atoms with Gasteiger partial charge in [0.05, 0.1) is 18.1 Å². The van der Waals surface area contributed by atoms with Crippen molar-refractivity contribution in [3.63, 3.8) is 0 Å². The van der Waals surface area contributed by atoms with Crippen molar-refractivity contribution in [2.45, 2.75) is 45.6 Å². The molecule has 0 saturated heterocycles. The normalized spacial score (nSPS) is 34.2. The van der Waals surface area contributed by atoms with E-state index in [1.165, 1.54) is 0 Å². The average Bonchev–Trinajstić information content (AvgIpc) is 2.11. The molecule has 2 atom stereocenters. The van der Waals surface area contributed by atoms with Crippen molar-refractivity contribution in [1.29, 1.82) is 0 Å². The van der Waals surface area contributed by atoms with Gasteiger partial charge in [-0.3, -0.25) is 4.79 Å². The molecule has 3 heteroatoms. The zero-order valence-electron chi connectivity index (χ0n) is 8.38. The van der Waals surface area contributed by atoms with Gasteiger partial charge in [0, 0.05) is 0 Å². The second kappa shape index (κ2) is 4.09. The Morgan fingerprint density at radius 2 is 2.31 bits per heavy atom. The monoisotopic (exact) mass is 186 g/mol. The number of carbonyl (C=O) groups is 1. The Bertz CT molecular complexity index is 191. The molecule has 1 fully saturated rings. The highest BCUT2D eigenvalue weighted by molar-refractivity contribution is 5.77. The van der Waals surface area contributed by atoms with E-state index in [0.29, 0.717) is 6.61 Å². The molecule has 76 valence electrons. The van der Waals surface area contributed by atoms with E-state index in [4.69, 9.17) is 4.74 Å². The maximum atomic E-state index is 11.5. The van der Waals surface area contributed by atoms with E-state index in [1.807, 2.05) is 0 Å². The number of aliphatic hydroxyl groups excluding tert-OH is 1. The van der Waals surface area contributed by atoms with Gasteiger partial charge < -0.3 is 9.84 Å². The molecule has 1 rings (SSSR count). The summed E-state index contributed by atoms with van der Waals surface area (Å²) in [5.41, 5.74) is -0.658. The van der Waals surface area contributed by atoms with Crippen LogP contribution in [0.25, 0.3) is 0 Å². The lowest BCUT2D eigenvalue weighted by molar-refractivity contribution is -0.164. The van der Waals surface area contributed by atoms with E-state index >= 15 is 0 Å². The van der Waals surface area contributed by atoms with Crippen molar-refractivity contribution in [2.24, 2.45) is 5.41 Å². The Labute approximate surface area is 79.1 Å². The first kappa shape index (κ1) is 10.5. The fourth-order valence-electron chi connectivity index (χ4n) is 1.85. The van der Waals surface area contributed by atoms with E-state index in [9.17, 15) is 9.90 Å². The Balaban J connectivity index is 2.65. The zero-order chi connectivity index (χ0) is 9.90. The third-order valence-corrected chi connectivity index (χ3v) is 2.90. The van der Waals surface area contributed by atoms with Gasteiger partial charge in [-0.25, -0.2) is 0 Å². The lowest BCUT2D eigenvalue weighted by Gasteiger charge is -2.35. The number of hydrogen-bond donors (Lipinski definition) is 1. The largest absolute Gasteiger partial charge is 0.465 e. The van der Waals surface area contributed by atoms with Gasteiger partial charge in [-0.1, -0.05) is 12.8 Å². The summed E-state index contributed by atoms with van der Waals surface area (Å²) in [7, 11) is 0. The number of aliphatic hydroxyl groups is 1. The summed E-state index contributed by atoms with van der Waals surface area (Å²) in [6.07, 6.45) is 2.95. The van der Waals surface area contributed by atoms with E-state index in [0.717, 1.165) is 25.7 Å². The standard InChI is InChI=1S/C10H18O3/c1-3-13-9(12)10(2)7-5-4-6-8(10)11/h8,11H,3-7H2,1-2H3/t8-,10-/m1/s1. The fourth-order valence-corrected chi connectivity index (χ4v) is 1.85. The SMILES string of the molecule is CCOC(=O)[C@]1(C)CCCC[C@H]1O. The van der Waals surface area contributed by atoms with Crippen LogP contribution in [-0.4, -0.2) is 23.8 Å². The minimum absolute atomic E-state index is 0.248. The molecule has 1 aliphatic rings. The van der Waals surface area contributed by atoms with E-state index < -0.39 is 11.5 Å². The minimum Gasteiger partial charge on any atom is -0.465 e. The Morgan fingerprint density at radius 3 is 2.85 bits per heavy atom. The molecule has 1 aliphatic carbocycles. The Morgan fingerprint density at radius 1 is 1.62 bits per heavy atom. The van der Waals surface area contributed by atoms with Crippen LogP contribution in [-0.2, 0) is 9.53 Å². The average molecular weight is 186 g/mol. The predicted molar refractivity (Wildman–Crippen MR) is 49.2 cm³/mol. The van der Waals surface area contributed by atoms with Gasteiger partial charge in [0.15, 0.2) is 0 Å². The van der Waals surface area contributed by atoms with Crippen LogP contribution in [0.4, 0.5) is 0 Å². The molecule has 0 spiro atoms. The molecule has 0 bridgehead atoms. The molecule has 0 radical (unpaired) electrons. The first-order valence-electron chi connectivity index (χ1n) is 4.96. The smallest absolute Gasteiger partial charge is 0.314 e. The van der Waals surface area contributed by atoms with Gasteiger partial charge in [-0.2, -0.15) is 0 Å². The highest BCUT2D eigenvalue weighted by Crippen LogP contribution is 2.37. The molecule has 3 nitrogen and oxygen atoms in total. The highest BCUT2D eigenvalue weighted by Gasteiger charge is 2.43. The third-order valence-electron chi connectivity index (χ3n) is 2.90. The molecule has 1 N–H and O–H groups in total. The van der Waals surface area contributed by atoms with Crippen molar-refractivity contribution in [3.05, 3.63) is 0 Å². The predicted octanol–water partition coefficient (Wildman–Crippen LogP) is 1.49. The minimum atomic E-state index is -0.658. The lowest BCUT2D eigenvalue weighted by Crippen LogP contribution is -2.43. The van der Waals surface area contributed by atoms with Crippen molar-refractivity contribution >= 4 is 5.97 Å². The number of carbonyl (C=O) groups excluding carboxylic acids is 1. The van der Waals surface area contributed by atoms with Crippen molar-refractivity contribution in [3.8, 4) is 0 Å². The molecule has 0 amide bonds. The second-order valence-corrected chi connectivity index (χ2v) is 3.90. The molecule has 0 aromatic rings. The van der Waals surface area contributed by atoms with Crippen molar-refractivity contribution in [1.82, 2.24) is 0 Å². The summed E-state index contributed by atoms with van der Waals surface area (Å²) >= 11 is 0. The van der Waals surface area contributed by atoms with Gasteiger partial charge in [0.2, 0.25) is 0 Å². The fraction of sp³-hybridized carbons (Fsp3) is 0.900. The Hall–Kier alpha value is -0.570. The number of esters is 1. The van der Waals surface area contributed by atoms with E-state index in [2.05, 4.69) is 0 Å². The zero-order valence-corrected chi connectivity index (χ0v) is 8.38. The van der Waals surface area contributed by atoms with Crippen LogP contribution in [0.1, 0.15) is 39.5 Å². The van der Waals surface area contributed by atoms with Crippen LogP contribution in [0.3, 0.4) is 0 Å². The molecule has 0 heterocycles. The van der Waals surface area contributed by atoms with Crippen LogP contribution < -0.4 is 0 Å². The topological polar surface area (TPSA) is 46.5 Å². The maximum Gasteiger partial charge on any atom is 0.314 e. The molecular weight excluding hydrogens is 168 g/mol. The quantitative estimate of drug-likeness (QED) is 0.665. The van der Waals surface area contributed by atoms with Crippen LogP contribution in [0.5, 0.6) is 0 Å². The van der Waals surface area contributed by atoms with Crippen LogP contribution in [0, 0.1) is 5.41 Å². The first-order valence-corrected chi connectivity index (χ1v) is 4.96. The van der Waals surface area contributed by atoms with Crippen LogP contribution in [0.2, 0.25) is 0 Å². The summed E-state index contributed by atoms with van der Waals surface area (Å²) in [5, 5.41) is 9.72. The van der Waals surface area contributed by atoms with Gasteiger partial charge in [-0.15, -0.1) is 0 Å². The van der Waals surface area contributed by atoms with E-state index in [-0.39, 0.29) is 5.97 Å². The first-order chi connectivity index (χ1) is 6.11. The van der Waals surface area contributed by atoms with Gasteiger partial charge in [-0.05, 0) is 26.7 Å². The van der Waals surface area contributed by atoms with Crippen molar-refractivity contribution in [2.75, 3.05) is 6.61 Å². The summed E-state index contributed by atoms with van der Waals surface area (Å²) in [6, 6.07) is 0. The number of ether oxygens (including phenoxy) is 1. The van der Waals surface area contributed by atoms with Gasteiger partial charge in [0.25, 0.3) is 0 Å². The summed E-state index contributed by atoms with van der Waals surface area (Å²) in [5.74, 6) is -0.248. The summed E-state index contributed by atoms with van der Waals surface area (Å²) < 4.78 is 4.96. The molecule has 0 unspecified atom stereocenters. The number of hydrogen-bond acceptors (Lipinski definition) is 3. The molecule has 0 aliphatic heterocycles. The molecule has 0 aromatic heterocycles. The second-order valence-electron chi connectivity index (χ2n) is 3.90. The Kier molecular flexibility index (Phi) is 3.31. The van der Waals surface area contributed by atoms with Gasteiger partial charge in [0.1, 0.15) is 0 Å². The van der Waals surface area contributed by atoms with E-state index in [1.54, 1.807) is 13.8 Å². The van der Waals surface area contributed by atoms with Gasteiger partial charge >= 0.3 is 5.97 Å².